The highest BCUT2D eigenvalue weighted by atomic mass is 16.5. The van der Waals surface area contributed by atoms with E-state index in [2.05, 4.69) is 31.0 Å². The summed E-state index contributed by atoms with van der Waals surface area (Å²) in [6.45, 7) is 6.69. The van der Waals surface area contributed by atoms with Crippen molar-refractivity contribution in [3.8, 4) is 23.1 Å². The van der Waals surface area contributed by atoms with Crippen molar-refractivity contribution in [2.75, 3.05) is 6.61 Å². The van der Waals surface area contributed by atoms with Crippen molar-refractivity contribution in [1.29, 1.82) is 0 Å². The van der Waals surface area contributed by atoms with Gasteiger partial charge in [0.15, 0.2) is 0 Å². The Balaban J connectivity index is 0.000000317. The van der Waals surface area contributed by atoms with Crippen molar-refractivity contribution in [3.63, 3.8) is 0 Å². The first-order valence-electron chi connectivity index (χ1n) is 12.8. The molecule has 37 heavy (non-hydrogen) atoms. The summed E-state index contributed by atoms with van der Waals surface area (Å²) >= 11 is 0. The number of ether oxygens (including phenoxy) is 3. The van der Waals surface area contributed by atoms with Crippen LogP contribution < -0.4 is 14.2 Å². The number of carboxylic acid groups (broad SMARTS) is 1. The summed E-state index contributed by atoms with van der Waals surface area (Å²) in [7, 11) is 0. The van der Waals surface area contributed by atoms with Crippen LogP contribution in [0.4, 0.5) is 0 Å². The van der Waals surface area contributed by atoms with Gasteiger partial charge >= 0.3 is 5.97 Å². The van der Waals surface area contributed by atoms with Gasteiger partial charge in [-0.1, -0.05) is 56.7 Å². The van der Waals surface area contributed by atoms with E-state index in [1.54, 1.807) is 6.20 Å². The average molecular weight is 506 g/mol. The van der Waals surface area contributed by atoms with E-state index in [1.807, 2.05) is 79.7 Å². The lowest BCUT2D eigenvalue weighted by Gasteiger charge is -2.15. The molecule has 3 rings (SSSR count). The summed E-state index contributed by atoms with van der Waals surface area (Å²) in [5.74, 6) is 2.89. The van der Waals surface area contributed by atoms with Crippen molar-refractivity contribution in [2.45, 2.75) is 59.0 Å². The molecule has 198 valence electrons. The maximum absolute atomic E-state index is 10.2. The zero-order chi connectivity index (χ0) is 26.7. The van der Waals surface area contributed by atoms with Crippen LogP contribution in [0.2, 0.25) is 0 Å². The van der Waals surface area contributed by atoms with Crippen molar-refractivity contribution in [2.24, 2.45) is 5.92 Å². The molecule has 0 amide bonds. The Morgan fingerprint density at radius 1 is 0.865 bits per heavy atom. The molecule has 1 unspecified atom stereocenters. The van der Waals surface area contributed by atoms with Crippen molar-refractivity contribution in [3.05, 3.63) is 91.1 Å². The van der Waals surface area contributed by atoms with Gasteiger partial charge in [0.05, 0.1) is 0 Å². The number of aromatic nitrogens is 1. The van der Waals surface area contributed by atoms with Crippen LogP contribution in [0.1, 0.15) is 52.9 Å². The van der Waals surface area contributed by atoms with Crippen molar-refractivity contribution < 1.29 is 24.1 Å². The van der Waals surface area contributed by atoms with Gasteiger partial charge < -0.3 is 19.3 Å². The summed E-state index contributed by atoms with van der Waals surface area (Å²) in [6.07, 6.45) is 10.3. The predicted octanol–water partition coefficient (Wildman–Crippen LogP) is 7.95. The Bertz CT molecular complexity index is 1020. The number of rotatable bonds is 14. The summed E-state index contributed by atoms with van der Waals surface area (Å²) < 4.78 is 17.2. The molecule has 0 radical (unpaired) electrons. The van der Waals surface area contributed by atoms with Gasteiger partial charge in [0.2, 0.25) is 5.88 Å². The minimum absolute atomic E-state index is 0.0971. The van der Waals surface area contributed by atoms with Gasteiger partial charge in [0, 0.05) is 18.7 Å². The fraction of sp³-hybridized carbons (Fsp3) is 0.355. The molecule has 0 aliphatic carbocycles. The number of nitrogens with zero attached hydrogens (tertiary/aromatic N) is 1. The van der Waals surface area contributed by atoms with E-state index in [9.17, 15) is 4.79 Å². The lowest BCUT2D eigenvalue weighted by Crippen LogP contribution is -2.21. The van der Waals surface area contributed by atoms with E-state index < -0.39 is 5.97 Å². The standard InChI is InChI=1S/C20H19NO3.C11H20O2/c1-16(23-20-9-5-6-14-21-20)15-22-17-10-12-19(13-11-17)24-18-7-3-2-4-8-18;1-10(2)8-6-4-3-5-7-9-11(12)13/h2-14,16H,15H2,1H3;6,8,10H,3-5,7,9H2,1-2H3,(H,12,13)/b;8-6+. The largest absolute Gasteiger partial charge is 0.490 e. The van der Waals surface area contributed by atoms with Crippen LogP contribution >= 0.6 is 0 Å². The number of aliphatic carboxylic acids is 1. The molecule has 0 aliphatic heterocycles. The number of benzene rings is 2. The number of carbonyl (C=O) groups is 1. The number of para-hydroxylation sites is 1. The monoisotopic (exact) mass is 505 g/mol. The third kappa shape index (κ3) is 14.4. The molecule has 1 heterocycles. The first-order valence-corrected chi connectivity index (χ1v) is 12.8. The second-order valence-corrected chi connectivity index (χ2v) is 8.96. The fourth-order valence-electron chi connectivity index (χ4n) is 3.18. The molecule has 0 aliphatic rings. The van der Waals surface area contributed by atoms with Crippen LogP contribution in [-0.4, -0.2) is 28.8 Å². The number of unbranched alkanes of at least 4 members (excludes halogenated alkanes) is 3. The molecule has 0 saturated carbocycles. The minimum Gasteiger partial charge on any atom is -0.490 e. The van der Waals surface area contributed by atoms with Gasteiger partial charge in [-0.2, -0.15) is 0 Å². The molecule has 1 aromatic heterocycles. The molecular weight excluding hydrogens is 466 g/mol. The third-order valence-electron chi connectivity index (χ3n) is 5.03. The van der Waals surface area contributed by atoms with Gasteiger partial charge in [0.25, 0.3) is 0 Å². The van der Waals surface area contributed by atoms with Crippen molar-refractivity contribution in [1.82, 2.24) is 4.98 Å². The molecule has 3 aromatic rings. The van der Waals surface area contributed by atoms with E-state index in [1.165, 1.54) is 0 Å². The van der Waals surface area contributed by atoms with Gasteiger partial charge in [-0.3, -0.25) is 4.79 Å². The molecule has 0 saturated heterocycles. The number of carboxylic acids is 1. The molecule has 0 bridgehead atoms. The SMILES string of the molecule is CC(C)/C=C/CCCCCC(=O)O.CC(COc1ccc(Oc2ccccc2)cc1)Oc1ccccn1. The van der Waals surface area contributed by atoms with Crippen LogP contribution in [0, 0.1) is 5.92 Å². The van der Waals surface area contributed by atoms with Gasteiger partial charge in [-0.05, 0) is 74.6 Å². The normalized spacial score (nSPS) is 11.5. The zero-order valence-corrected chi connectivity index (χ0v) is 22.1. The van der Waals surface area contributed by atoms with Crippen molar-refractivity contribution >= 4 is 5.97 Å². The second kappa shape index (κ2) is 17.6. The van der Waals surface area contributed by atoms with Crippen LogP contribution in [-0.2, 0) is 4.79 Å². The van der Waals surface area contributed by atoms with E-state index in [0.29, 0.717) is 24.8 Å². The lowest BCUT2D eigenvalue weighted by molar-refractivity contribution is -0.137. The Morgan fingerprint density at radius 3 is 2.19 bits per heavy atom. The summed E-state index contributed by atoms with van der Waals surface area (Å²) in [6, 6.07) is 22.8. The summed E-state index contributed by atoms with van der Waals surface area (Å²) in [4.78, 5) is 14.3. The van der Waals surface area contributed by atoms with Crippen LogP contribution in [0.5, 0.6) is 23.1 Å². The van der Waals surface area contributed by atoms with Gasteiger partial charge in [-0.15, -0.1) is 0 Å². The van der Waals surface area contributed by atoms with Gasteiger partial charge in [-0.25, -0.2) is 4.98 Å². The molecule has 1 atom stereocenters. The summed E-state index contributed by atoms with van der Waals surface area (Å²) in [5, 5.41) is 8.37. The Kier molecular flexibility index (Phi) is 14.0. The zero-order valence-electron chi connectivity index (χ0n) is 22.1. The maximum atomic E-state index is 10.2. The van der Waals surface area contributed by atoms with Crippen LogP contribution in [0.15, 0.2) is 91.1 Å². The highest BCUT2D eigenvalue weighted by molar-refractivity contribution is 5.66. The van der Waals surface area contributed by atoms with E-state index >= 15 is 0 Å². The van der Waals surface area contributed by atoms with Gasteiger partial charge in [0.1, 0.15) is 30.0 Å². The number of allylic oxidation sites excluding steroid dienone is 2. The molecule has 6 nitrogen and oxygen atoms in total. The first kappa shape index (κ1) is 29.4. The molecule has 6 heteroatoms. The second-order valence-electron chi connectivity index (χ2n) is 8.96. The fourth-order valence-corrected chi connectivity index (χ4v) is 3.18. The average Bonchev–Trinajstić information content (AvgIpc) is 2.89. The number of hydrogen-bond donors (Lipinski definition) is 1. The topological polar surface area (TPSA) is 77.9 Å². The van der Waals surface area contributed by atoms with Crippen LogP contribution in [0.3, 0.4) is 0 Å². The first-order chi connectivity index (χ1) is 17.9. The Morgan fingerprint density at radius 2 is 1.54 bits per heavy atom. The lowest BCUT2D eigenvalue weighted by atomic mass is 10.1. The highest BCUT2D eigenvalue weighted by Crippen LogP contribution is 2.23. The smallest absolute Gasteiger partial charge is 0.303 e. The summed E-state index contributed by atoms with van der Waals surface area (Å²) in [5.41, 5.74) is 0. The predicted molar refractivity (Wildman–Crippen MR) is 147 cm³/mol. The van der Waals surface area contributed by atoms with Crippen LogP contribution in [0.25, 0.3) is 0 Å². The van der Waals surface area contributed by atoms with E-state index in [-0.39, 0.29) is 6.10 Å². The van der Waals surface area contributed by atoms with E-state index in [4.69, 9.17) is 19.3 Å². The highest BCUT2D eigenvalue weighted by Gasteiger charge is 2.06. The number of pyridine rings is 1. The molecule has 2 aromatic carbocycles. The minimum atomic E-state index is -0.683. The Labute approximate surface area is 220 Å². The van der Waals surface area contributed by atoms with E-state index in [0.717, 1.165) is 42.9 Å². The maximum Gasteiger partial charge on any atom is 0.303 e. The molecule has 1 N–H and O–H groups in total. The molecular formula is C31H39NO5. The quantitative estimate of drug-likeness (QED) is 0.177. The third-order valence-corrected chi connectivity index (χ3v) is 5.03. The Hall–Kier alpha value is -3.80. The molecule has 0 spiro atoms. The number of hydrogen-bond acceptors (Lipinski definition) is 5. The molecule has 0 fully saturated rings.